The highest BCUT2D eigenvalue weighted by Gasteiger charge is 2.25. The lowest BCUT2D eigenvalue weighted by Crippen LogP contribution is -2.37. The third-order valence-corrected chi connectivity index (χ3v) is 6.74. The van der Waals surface area contributed by atoms with Crippen LogP contribution in [0.1, 0.15) is 104 Å². The van der Waals surface area contributed by atoms with Gasteiger partial charge in [0.2, 0.25) is 0 Å². The molecule has 0 saturated carbocycles. The molecule has 0 radical (unpaired) electrons. The topological polar surface area (TPSA) is 91.3 Å². The van der Waals surface area contributed by atoms with Crippen molar-refractivity contribution in [1.29, 1.82) is 0 Å². The lowest BCUT2D eigenvalue weighted by Gasteiger charge is -2.24. The smallest absolute Gasteiger partial charge is 0.463 e. The van der Waals surface area contributed by atoms with E-state index in [1.54, 1.807) is 6.92 Å². The molecule has 0 rings (SSSR count). The Kier molecular flexibility index (Phi) is 21.3. The maximum atomic E-state index is 12.0. The highest BCUT2D eigenvalue weighted by Crippen LogP contribution is 2.43. The molecule has 0 aromatic rings. The summed E-state index contributed by atoms with van der Waals surface area (Å²) in [4.78, 5) is 21.9. The molecule has 0 aliphatic rings. The number of phosphoric ester groups is 1. The summed E-state index contributed by atoms with van der Waals surface area (Å²) in [6.07, 6.45) is 16.1. The van der Waals surface area contributed by atoms with E-state index in [0.717, 1.165) is 19.3 Å². The molecule has 8 nitrogen and oxygen atoms in total. The SMILES string of the molecule is CCCCCCCCCCCCCCCC(=O)OC[C@H](COP(=O)(O)OCC[N+](C)(C)C)OCC. The number of likely N-dealkylation sites (N-methyl/N-ethyl adjacent to an activating group) is 1. The first kappa shape index (κ1) is 34.5. The van der Waals surface area contributed by atoms with Gasteiger partial charge in [0.25, 0.3) is 0 Å². The molecule has 0 aliphatic carbocycles. The molecule has 2 atom stereocenters. The largest absolute Gasteiger partial charge is 0.472 e. The zero-order chi connectivity index (χ0) is 26.4. The van der Waals surface area contributed by atoms with E-state index in [4.69, 9.17) is 18.5 Å². The van der Waals surface area contributed by atoms with Crippen molar-refractivity contribution < 1.29 is 37.3 Å². The highest BCUT2D eigenvalue weighted by atomic mass is 31.2. The van der Waals surface area contributed by atoms with Gasteiger partial charge in [-0.2, -0.15) is 0 Å². The summed E-state index contributed by atoms with van der Waals surface area (Å²) < 4.78 is 33.5. The molecule has 0 heterocycles. The molecule has 35 heavy (non-hydrogen) atoms. The molecule has 9 heteroatoms. The quantitative estimate of drug-likeness (QED) is 0.0653. The van der Waals surface area contributed by atoms with Crippen LogP contribution in [0.5, 0.6) is 0 Å². The van der Waals surface area contributed by atoms with Gasteiger partial charge in [-0.25, -0.2) is 4.57 Å². The minimum absolute atomic E-state index is 0.00992. The normalized spacial score (nSPS) is 14.6. The summed E-state index contributed by atoms with van der Waals surface area (Å²) in [5.74, 6) is -0.274. The molecule has 1 unspecified atom stereocenters. The number of rotatable bonds is 25. The number of ether oxygens (including phenoxy) is 2. The van der Waals surface area contributed by atoms with Crippen LogP contribution in [0, 0.1) is 0 Å². The summed E-state index contributed by atoms with van der Waals surface area (Å²) >= 11 is 0. The van der Waals surface area contributed by atoms with Crippen LogP contribution in [0.2, 0.25) is 0 Å². The van der Waals surface area contributed by atoms with Crippen molar-refractivity contribution in [3.63, 3.8) is 0 Å². The summed E-state index contributed by atoms with van der Waals surface area (Å²) in [7, 11) is 1.71. The number of hydrogen-bond donors (Lipinski definition) is 1. The van der Waals surface area contributed by atoms with Gasteiger partial charge in [0, 0.05) is 13.0 Å². The van der Waals surface area contributed by atoms with Gasteiger partial charge in [-0.3, -0.25) is 13.8 Å². The number of phosphoric acid groups is 1. The number of esters is 1. The molecule has 0 saturated heterocycles. The molecule has 0 bridgehead atoms. The lowest BCUT2D eigenvalue weighted by atomic mass is 10.0. The van der Waals surface area contributed by atoms with E-state index >= 15 is 0 Å². The Hall–Kier alpha value is -0.500. The van der Waals surface area contributed by atoms with Crippen LogP contribution in [-0.4, -0.2) is 75.6 Å². The number of quaternary nitrogens is 1. The average Bonchev–Trinajstić information content (AvgIpc) is 2.77. The van der Waals surface area contributed by atoms with Crippen LogP contribution in [0.15, 0.2) is 0 Å². The van der Waals surface area contributed by atoms with Crippen LogP contribution in [0.3, 0.4) is 0 Å². The van der Waals surface area contributed by atoms with E-state index in [9.17, 15) is 14.3 Å². The summed E-state index contributed by atoms with van der Waals surface area (Å²) in [5, 5.41) is 0. The number of hydrogen-bond acceptors (Lipinski definition) is 6. The molecule has 0 spiro atoms. The third kappa shape index (κ3) is 25.0. The zero-order valence-electron chi connectivity index (χ0n) is 23.3. The maximum absolute atomic E-state index is 12.0. The van der Waals surface area contributed by atoms with E-state index in [0.29, 0.717) is 24.1 Å². The molecule has 210 valence electrons. The predicted molar refractivity (Wildman–Crippen MR) is 141 cm³/mol. The van der Waals surface area contributed by atoms with Crippen molar-refractivity contribution >= 4 is 13.8 Å². The first-order chi connectivity index (χ1) is 16.6. The van der Waals surface area contributed by atoms with Crippen molar-refractivity contribution in [3.05, 3.63) is 0 Å². The molecule has 0 aromatic heterocycles. The number of carbonyl (C=O) groups is 1. The van der Waals surface area contributed by atoms with Crippen LogP contribution in [0.4, 0.5) is 0 Å². The standard InChI is InChI=1S/C26H54NO7P/c1-6-8-9-10-11-12-13-14-15-16-17-18-19-20-26(28)32-23-25(31-7-2)24-34-35(29,30)33-22-21-27(3,4)5/h25H,6-24H2,1-5H3/p+1/t25-/m1/s1. The fourth-order valence-electron chi connectivity index (χ4n) is 3.57. The van der Waals surface area contributed by atoms with Crippen LogP contribution >= 0.6 is 7.82 Å². The van der Waals surface area contributed by atoms with Crippen molar-refractivity contribution in [3.8, 4) is 0 Å². The highest BCUT2D eigenvalue weighted by molar-refractivity contribution is 7.47. The van der Waals surface area contributed by atoms with Gasteiger partial charge in [-0.1, -0.05) is 84.0 Å². The minimum atomic E-state index is -4.18. The second-order valence-corrected chi connectivity index (χ2v) is 11.8. The van der Waals surface area contributed by atoms with Crippen molar-refractivity contribution in [2.24, 2.45) is 0 Å². The monoisotopic (exact) mass is 524 g/mol. The maximum Gasteiger partial charge on any atom is 0.472 e. The van der Waals surface area contributed by atoms with Gasteiger partial charge in [-0.15, -0.1) is 0 Å². The van der Waals surface area contributed by atoms with Crippen molar-refractivity contribution in [1.82, 2.24) is 0 Å². The zero-order valence-corrected chi connectivity index (χ0v) is 24.2. The Labute approximate surface area is 215 Å². The first-order valence-corrected chi connectivity index (χ1v) is 15.3. The van der Waals surface area contributed by atoms with E-state index in [-0.39, 0.29) is 25.8 Å². The van der Waals surface area contributed by atoms with Crippen LogP contribution < -0.4 is 0 Å². The van der Waals surface area contributed by atoms with Crippen molar-refractivity contribution in [2.75, 3.05) is 54.1 Å². The number of carbonyl (C=O) groups excluding carboxylic acids is 1. The Morgan fingerprint density at radius 1 is 0.800 bits per heavy atom. The molecule has 0 aromatic carbocycles. The minimum Gasteiger partial charge on any atom is -0.463 e. The molecule has 0 amide bonds. The van der Waals surface area contributed by atoms with Crippen LogP contribution in [-0.2, 0) is 27.9 Å². The number of unbranched alkanes of at least 4 members (excludes halogenated alkanes) is 12. The van der Waals surface area contributed by atoms with E-state index in [1.807, 2.05) is 21.1 Å². The number of nitrogens with zero attached hydrogens (tertiary/aromatic N) is 1. The Bertz CT molecular complexity index is 554. The van der Waals surface area contributed by atoms with Gasteiger partial charge >= 0.3 is 13.8 Å². The summed E-state index contributed by atoms with van der Waals surface area (Å²) in [6, 6.07) is 0. The van der Waals surface area contributed by atoms with Crippen LogP contribution in [0.25, 0.3) is 0 Å². The molecular weight excluding hydrogens is 469 g/mol. The summed E-state index contributed by atoms with van der Waals surface area (Å²) in [6.45, 7) is 4.91. The van der Waals surface area contributed by atoms with Gasteiger partial charge in [0.15, 0.2) is 0 Å². The second kappa shape index (κ2) is 21.6. The Balaban J connectivity index is 3.82. The third-order valence-electron chi connectivity index (χ3n) is 5.76. The second-order valence-electron chi connectivity index (χ2n) is 10.4. The average molecular weight is 525 g/mol. The fourth-order valence-corrected chi connectivity index (χ4v) is 4.31. The molecular formula is C26H55NO7P+. The van der Waals surface area contributed by atoms with E-state index in [2.05, 4.69) is 6.92 Å². The van der Waals surface area contributed by atoms with E-state index < -0.39 is 13.9 Å². The van der Waals surface area contributed by atoms with Crippen molar-refractivity contribution in [2.45, 2.75) is 110 Å². The summed E-state index contributed by atoms with van der Waals surface area (Å²) in [5.41, 5.74) is 0. The molecule has 0 aliphatic heterocycles. The van der Waals surface area contributed by atoms with E-state index in [1.165, 1.54) is 64.2 Å². The van der Waals surface area contributed by atoms with Gasteiger partial charge in [0.1, 0.15) is 25.9 Å². The fraction of sp³-hybridized carbons (Fsp3) is 0.962. The molecule has 0 fully saturated rings. The Morgan fingerprint density at radius 2 is 1.31 bits per heavy atom. The predicted octanol–water partition coefficient (Wildman–Crippen LogP) is 6.26. The van der Waals surface area contributed by atoms with Gasteiger partial charge < -0.3 is 18.9 Å². The van der Waals surface area contributed by atoms with Gasteiger partial charge in [-0.05, 0) is 13.3 Å². The van der Waals surface area contributed by atoms with Gasteiger partial charge in [0.05, 0.1) is 27.7 Å². The molecule has 1 N–H and O–H groups in total. The first-order valence-electron chi connectivity index (χ1n) is 13.8. The lowest BCUT2D eigenvalue weighted by molar-refractivity contribution is -0.870. The Morgan fingerprint density at radius 3 is 1.80 bits per heavy atom.